The predicted octanol–water partition coefficient (Wildman–Crippen LogP) is 13.7. The summed E-state index contributed by atoms with van der Waals surface area (Å²) in [6, 6.07) is 60.6. The highest BCUT2D eigenvalue weighted by Crippen LogP contribution is 2.54. The smallest absolute Gasteiger partial charge is 0.160 e. The third kappa shape index (κ3) is 4.61. The average Bonchev–Trinajstić information content (AvgIpc) is 3.70. The summed E-state index contributed by atoms with van der Waals surface area (Å²) < 4.78 is 6.50. The van der Waals surface area contributed by atoms with Crippen LogP contribution < -0.4 is 0 Å². The molecular formula is C51H34N2O. The Bertz CT molecular complexity index is 3130. The van der Waals surface area contributed by atoms with E-state index in [1.54, 1.807) is 0 Å². The van der Waals surface area contributed by atoms with Gasteiger partial charge in [-0.2, -0.15) is 0 Å². The molecule has 0 bridgehead atoms. The number of rotatable bonds is 4. The third-order valence-corrected chi connectivity index (χ3v) is 11.5. The van der Waals surface area contributed by atoms with Crippen LogP contribution in [0.2, 0.25) is 0 Å². The monoisotopic (exact) mass is 690 g/mol. The summed E-state index contributed by atoms with van der Waals surface area (Å²) in [6.07, 6.45) is 0. The molecule has 1 aliphatic rings. The van der Waals surface area contributed by atoms with Crippen molar-refractivity contribution in [3.05, 3.63) is 181 Å². The Labute approximate surface area is 313 Å². The molecule has 0 atom stereocenters. The van der Waals surface area contributed by atoms with Gasteiger partial charge in [-0.25, -0.2) is 9.97 Å². The summed E-state index contributed by atoms with van der Waals surface area (Å²) in [5.74, 6) is 0.685. The largest absolute Gasteiger partial charge is 0.456 e. The van der Waals surface area contributed by atoms with Crippen LogP contribution in [-0.2, 0) is 5.41 Å². The van der Waals surface area contributed by atoms with E-state index in [1.165, 1.54) is 44.0 Å². The van der Waals surface area contributed by atoms with Crippen molar-refractivity contribution in [2.75, 3.05) is 0 Å². The zero-order valence-corrected chi connectivity index (χ0v) is 30.0. The van der Waals surface area contributed by atoms with E-state index >= 15 is 0 Å². The van der Waals surface area contributed by atoms with Gasteiger partial charge in [0.1, 0.15) is 11.2 Å². The molecule has 1 aliphatic carbocycles. The minimum absolute atomic E-state index is 0.139. The molecule has 0 saturated carbocycles. The van der Waals surface area contributed by atoms with Crippen molar-refractivity contribution in [2.24, 2.45) is 0 Å². The van der Waals surface area contributed by atoms with Crippen LogP contribution in [0.25, 0.3) is 99.6 Å². The quantitative estimate of drug-likeness (QED) is 0.184. The van der Waals surface area contributed by atoms with Crippen molar-refractivity contribution in [1.29, 1.82) is 0 Å². The van der Waals surface area contributed by atoms with E-state index < -0.39 is 0 Å². The Morgan fingerprint density at radius 1 is 0.426 bits per heavy atom. The molecule has 0 saturated heterocycles. The van der Waals surface area contributed by atoms with Crippen LogP contribution >= 0.6 is 0 Å². The number of benzene rings is 8. The number of aromatic nitrogens is 2. The molecule has 0 aliphatic heterocycles. The summed E-state index contributed by atoms with van der Waals surface area (Å²) in [5.41, 5.74) is 14.0. The number of hydrogen-bond acceptors (Lipinski definition) is 3. The maximum Gasteiger partial charge on any atom is 0.160 e. The first-order valence-electron chi connectivity index (χ1n) is 18.6. The van der Waals surface area contributed by atoms with Crippen molar-refractivity contribution in [2.45, 2.75) is 19.3 Å². The molecule has 0 amide bonds. The highest BCUT2D eigenvalue weighted by molar-refractivity contribution is 6.15. The van der Waals surface area contributed by atoms with Crippen LogP contribution in [0.5, 0.6) is 0 Å². The van der Waals surface area contributed by atoms with Gasteiger partial charge in [0.2, 0.25) is 0 Å². The Kier molecular flexibility index (Phi) is 6.60. The van der Waals surface area contributed by atoms with Gasteiger partial charge in [0.05, 0.1) is 11.4 Å². The van der Waals surface area contributed by atoms with Gasteiger partial charge in [0.25, 0.3) is 0 Å². The minimum Gasteiger partial charge on any atom is -0.456 e. The molecule has 10 aromatic rings. The van der Waals surface area contributed by atoms with E-state index in [0.29, 0.717) is 5.82 Å². The molecule has 2 heterocycles. The van der Waals surface area contributed by atoms with Crippen LogP contribution in [0.3, 0.4) is 0 Å². The van der Waals surface area contributed by atoms with Gasteiger partial charge in [0.15, 0.2) is 5.82 Å². The SMILES string of the molecule is CC1(C)c2cc3ccccc3cc2-c2c(-c3ccccc3-c3cc(-c4cccc5oc6cc7ccccc7cc6c45)nc(-c4ccccc4)n3)cccc21. The van der Waals surface area contributed by atoms with Crippen LogP contribution in [0.1, 0.15) is 25.0 Å². The first kappa shape index (κ1) is 30.8. The van der Waals surface area contributed by atoms with E-state index in [-0.39, 0.29) is 5.41 Å². The van der Waals surface area contributed by atoms with Gasteiger partial charge in [0, 0.05) is 32.9 Å². The molecule has 3 nitrogen and oxygen atoms in total. The van der Waals surface area contributed by atoms with Crippen LogP contribution in [-0.4, -0.2) is 9.97 Å². The first-order chi connectivity index (χ1) is 26.5. The molecule has 54 heavy (non-hydrogen) atoms. The topological polar surface area (TPSA) is 38.9 Å². The van der Waals surface area contributed by atoms with Crippen LogP contribution in [0, 0.1) is 0 Å². The lowest BCUT2D eigenvalue weighted by molar-refractivity contribution is 0.661. The molecule has 8 aromatic carbocycles. The second-order valence-electron chi connectivity index (χ2n) is 14.9. The Morgan fingerprint density at radius 2 is 1.02 bits per heavy atom. The van der Waals surface area contributed by atoms with Crippen LogP contribution in [0.4, 0.5) is 0 Å². The number of fused-ring (bicyclic) bond motifs is 8. The van der Waals surface area contributed by atoms with E-state index in [1.807, 2.05) is 18.2 Å². The number of hydrogen-bond donors (Lipinski definition) is 0. The normalized spacial score (nSPS) is 13.1. The third-order valence-electron chi connectivity index (χ3n) is 11.5. The molecule has 254 valence electrons. The highest BCUT2D eigenvalue weighted by atomic mass is 16.3. The van der Waals surface area contributed by atoms with Gasteiger partial charge < -0.3 is 4.42 Å². The summed E-state index contributed by atoms with van der Waals surface area (Å²) in [5, 5.41) is 7.00. The van der Waals surface area contributed by atoms with Gasteiger partial charge in [-0.3, -0.25) is 0 Å². The molecule has 0 radical (unpaired) electrons. The van der Waals surface area contributed by atoms with E-state index in [2.05, 4.69) is 166 Å². The molecular weight excluding hydrogens is 657 g/mol. The first-order valence-corrected chi connectivity index (χ1v) is 18.6. The lowest BCUT2D eigenvalue weighted by Gasteiger charge is -2.22. The lowest BCUT2D eigenvalue weighted by Crippen LogP contribution is -2.14. The van der Waals surface area contributed by atoms with Gasteiger partial charge in [-0.05, 0) is 91.3 Å². The second-order valence-corrected chi connectivity index (χ2v) is 14.9. The molecule has 0 unspecified atom stereocenters. The van der Waals surface area contributed by atoms with Crippen molar-refractivity contribution >= 4 is 43.5 Å². The maximum atomic E-state index is 6.50. The molecule has 0 fully saturated rings. The van der Waals surface area contributed by atoms with Gasteiger partial charge in [-0.1, -0.05) is 147 Å². The fourth-order valence-electron chi connectivity index (χ4n) is 8.80. The summed E-state index contributed by atoms with van der Waals surface area (Å²) in [7, 11) is 0. The minimum atomic E-state index is -0.139. The van der Waals surface area contributed by atoms with E-state index in [4.69, 9.17) is 14.4 Å². The summed E-state index contributed by atoms with van der Waals surface area (Å²) in [4.78, 5) is 10.6. The molecule has 0 N–H and O–H groups in total. The van der Waals surface area contributed by atoms with E-state index in [0.717, 1.165) is 61.0 Å². The average molecular weight is 691 g/mol. The van der Waals surface area contributed by atoms with Crippen molar-refractivity contribution in [1.82, 2.24) is 9.97 Å². The fraction of sp³-hybridized carbons (Fsp3) is 0.0588. The number of nitrogens with zero attached hydrogens (tertiary/aromatic N) is 2. The highest BCUT2D eigenvalue weighted by Gasteiger charge is 2.37. The Balaban J connectivity index is 1.16. The standard InChI is InChI=1S/C51H34N2O/c1-51(2)42-24-12-22-38(48(42)40-26-32-16-6-8-18-34(32)28-43(40)51)36-20-10-11-21-37(36)44-30-45(53-50(52-44)31-14-4-3-5-15-31)39-23-13-25-46-49(39)41-27-33-17-7-9-19-35(33)29-47(41)54-46/h3-30H,1-2H3. The summed E-state index contributed by atoms with van der Waals surface area (Å²) >= 11 is 0. The van der Waals surface area contributed by atoms with Crippen molar-refractivity contribution in [3.63, 3.8) is 0 Å². The Hall–Kier alpha value is -6.84. The summed E-state index contributed by atoms with van der Waals surface area (Å²) in [6.45, 7) is 4.71. The lowest BCUT2D eigenvalue weighted by atomic mass is 9.81. The van der Waals surface area contributed by atoms with Crippen molar-refractivity contribution < 1.29 is 4.42 Å². The maximum absolute atomic E-state index is 6.50. The molecule has 2 aromatic heterocycles. The zero-order valence-electron chi connectivity index (χ0n) is 30.0. The van der Waals surface area contributed by atoms with Crippen molar-refractivity contribution in [3.8, 4) is 56.2 Å². The second kappa shape index (κ2) is 11.6. The van der Waals surface area contributed by atoms with Crippen LogP contribution in [0.15, 0.2) is 174 Å². The fourth-order valence-corrected chi connectivity index (χ4v) is 8.80. The molecule has 11 rings (SSSR count). The molecule has 0 spiro atoms. The zero-order chi connectivity index (χ0) is 36.0. The predicted molar refractivity (Wildman–Crippen MR) is 224 cm³/mol. The van der Waals surface area contributed by atoms with Gasteiger partial charge >= 0.3 is 0 Å². The Morgan fingerprint density at radius 3 is 1.80 bits per heavy atom. The number of furan rings is 1. The van der Waals surface area contributed by atoms with E-state index in [9.17, 15) is 0 Å². The molecule has 3 heteroatoms. The van der Waals surface area contributed by atoms with Gasteiger partial charge in [-0.15, -0.1) is 0 Å².